The Morgan fingerprint density at radius 2 is 2.00 bits per heavy atom. The summed E-state index contributed by atoms with van der Waals surface area (Å²) in [5.74, 6) is 0.311. The van der Waals surface area contributed by atoms with Crippen LogP contribution in [-0.4, -0.2) is 29.1 Å². The summed E-state index contributed by atoms with van der Waals surface area (Å²) in [6, 6.07) is 0.226. The SMILES string of the molecule is O=C1CCC(O)(C2CCCCN2)CC1. The van der Waals surface area contributed by atoms with Gasteiger partial charge in [0.1, 0.15) is 5.78 Å². The first-order chi connectivity index (χ1) is 6.71. The molecule has 2 N–H and O–H groups in total. The molecule has 1 saturated heterocycles. The average Bonchev–Trinajstić information content (AvgIpc) is 2.24. The van der Waals surface area contributed by atoms with E-state index in [1.165, 1.54) is 12.8 Å². The summed E-state index contributed by atoms with van der Waals surface area (Å²) >= 11 is 0. The second-order valence-electron chi connectivity index (χ2n) is 4.64. The van der Waals surface area contributed by atoms with Gasteiger partial charge in [-0.05, 0) is 32.2 Å². The summed E-state index contributed by atoms with van der Waals surface area (Å²) in [6.07, 6.45) is 5.92. The van der Waals surface area contributed by atoms with Crippen molar-refractivity contribution in [2.45, 2.75) is 56.6 Å². The highest BCUT2D eigenvalue weighted by Crippen LogP contribution is 2.32. The molecule has 80 valence electrons. The highest BCUT2D eigenvalue weighted by molar-refractivity contribution is 5.79. The molecule has 2 rings (SSSR count). The van der Waals surface area contributed by atoms with Crippen molar-refractivity contribution in [3.05, 3.63) is 0 Å². The first-order valence-corrected chi connectivity index (χ1v) is 5.68. The van der Waals surface area contributed by atoms with Gasteiger partial charge in [-0.2, -0.15) is 0 Å². The number of hydrogen-bond acceptors (Lipinski definition) is 3. The van der Waals surface area contributed by atoms with E-state index in [9.17, 15) is 9.90 Å². The summed E-state index contributed by atoms with van der Waals surface area (Å²) in [4.78, 5) is 11.1. The van der Waals surface area contributed by atoms with Gasteiger partial charge in [0.2, 0.25) is 0 Å². The van der Waals surface area contributed by atoms with Gasteiger partial charge in [-0.3, -0.25) is 4.79 Å². The Kier molecular flexibility index (Phi) is 2.88. The Morgan fingerprint density at radius 3 is 2.57 bits per heavy atom. The van der Waals surface area contributed by atoms with Crippen LogP contribution in [0.1, 0.15) is 44.9 Å². The molecular formula is C11H19NO2. The van der Waals surface area contributed by atoms with Crippen molar-refractivity contribution >= 4 is 5.78 Å². The van der Waals surface area contributed by atoms with Crippen LogP contribution in [0.3, 0.4) is 0 Å². The van der Waals surface area contributed by atoms with E-state index >= 15 is 0 Å². The van der Waals surface area contributed by atoms with Crippen LogP contribution in [-0.2, 0) is 4.79 Å². The van der Waals surface area contributed by atoms with Crippen molar-refractivity contribution in [2.24, 2.45) is 0 Å². The topological polar surface area (TPSA) is 49.3 Å². The van der Waals surface area contributed by atoms with Crippen molar-refractivity contribution < 1.29 is 9.90 Å². The van der Waals surface area contributed by atoms with Crippen molar-refractivity contribution in [1.82, 2.24) is 5.32 Å². The zero-order chi connectivity index (χ0) is 10.0. The van der Waals surface area contributed by atoms with Crippen LogP contribution >= 0.6 is 0 Å². The minimum Gasteiger partial charge on any atom is -0.388 e. The Labute approximate surface area is 84.9 Å². The number of Topliss-reactive ketones (excluding diaryl/α,β-unsaturated/α-hetero) is 1. The molecule has 1 unspecified atom stereocenters. The zero-order valence-corrected chi connectivity index (χ0v) is 8.59. The first kappa shape index (κ1) is 10.1. The summed E-state index contributed by atoms with van der Waals surface area (Å²) in [6.45, 7) is 1.01. The third kappa shape index (κ3) is 1.98. The van der Waals surface area contributed by atoms with Crippen molar-refractivity contribution in [2.75, 3.05) is 6.54 Å². The fourth-order valence-corrected chi connectivity index (χ4v) is 2.62. The van der Waals surface area contributed by atoms with Gasteiger partial charge in [-0.25, -0.2) is 0 Å². The van der Waals surface area contributed by atoms with Gasteiger partial charge in [0, 0.05) is 18.9 Å². The molecule has 3 heteroatoms. The molecule has 0 aromatic rings. The highest BCUT2D eigenvalue weighted by atomic mass is 16.3. The number of carbonyl (C=O) groups is 1. The molecule has 0 aromatic heterocycles. The molecule has 1 saturated carbocycles. The lowest BCUT2D eigenvalue weighted by Gasteiger charge is -2.41. The molecule has 1 heterocycles. The molecule has 2 aliphatic rings. The molecule has 14 heavy (non-hydrogen) atoms. The first-order valence-electron chi connectivity index (χ1n) is 5.68. The highest BCUT2D eigenvalue weighted by Gasteiger charge is 2.39. The van der Waals surface area contributed by atoms with Gasteiger partial charge in [0.15, 0.2) is 0 Å². The van der Waals surface area contributed by atoms with Gasteiger partial charge in [-0.15, -0.1) is 0 Å². The molecule has 0 amide bonds. The van der Waals surface area contributed by atoms with E-state index in [1.807, 2.05) is 0 Å². The number of piperidine rings is 1. The number of hydrogen-bond donors (Lipinski definition) is 2. The second-order valence-corrected chi connectivity index (χ2v) is 4.64. The van der Waals surface area contributed by atoms with E-state index in [1.54, 1.807) is 0 Å². The van der Waals surface area contributed by atoms with Crippen LogP contribution in [0.15, 0.2) is 0 Å². The minimum absolute atomic E-state index is 0.226. The van der Waals surface area contributed by atoms with E-state index in [2.05, 4.69) is 5.32 Å². The molecule has 0 radical (unpaired) electrons. The number of carbonyl (C=O) groups excluding carboxylic acids is 1. The van der Waals surface area contributed by atoms with E-state index < -0.39 is 5.60 Å². The quantitative estimate of drug-likeness (QED) is 0.659. The van der Waals surface area contributed by atoms with Crippen molar-refractivity contribution in [1.29, 1.82) is 0 Å². The number of rotatable bonds is 1. The Hall–Kier alpha value is -0.410. The van der Waals surface area contributed by atoms with Crippen LogP contribution in [0.4, 0.5) is 0 Å². The number of ketones is 1. The predicted octanol–water partition coefficient (Wildman–Crippen LogP) is 1.00. The van der Waals surface area contributed by atoms with Gasteiger partial charge in [-0.1, -0.05) is 6.42 Å². The maximum Gasteiger partial charge on any atom is 0.133 e. The smallest absolute Gasteiger partial charge is 0.133 e. The van der Waals surface area contributed by atoms with Gasteiger partial charge < -0.3 is 10.4 Å². The second kappa shape index (κ2) is 3.99. The average molecular weight is 197 g/mol. The number of nitrogens with one attached hydrogen (secondary N) is 1. The van der Waals surface area contributed by atoms with Crippen LogP contribution in [0, 0.1) is 0 Å². The summed E-state index contributed by atoms with van der Waals surface area (Å²) in [5.41, 5.74) is -0.603. The summed E-state index contributed by atoms with van der Waals surface area (Å²) < 4.78 is 0. The maximum absolute atomic E-state index is 11.1. The standard InChI is InChI=1S/C11H19NO2/c13-9-4-6-11(14,7-5-9)10-3-1-2-8-12-10/h10,12,14H,1-8H2. The molecule has 1 atom stereocenters. The molecule has 0 bridgehead atoms. The fourth-order valence-electron chi connectivity index (χ4n) is 2.62. The van der Waals surface area contributed by atoms with Crippen LogP contribution in [0.25, 0.3) is 0 Å². The van der Waals surface area contributed by atoms with E-state index in [4.69, 9.17) is 0 Å². The van der Waals surface area contributed by atoms with Crippen LogP contribution < -0.4 is 5.32 Å². The third-order valence-electron chi connectivity index (χ3n) is 3.63. The maximum atomic E-state index is 11.1. The normalized spacial score (nSPS) is 32.9. The minimum atomic E-state index is -0.603. The molecule has 1 aliphatic carbocycles. The lowest BCUT2D eigenvalue weighted by atomic mass is 9.76. The van der Waals surface area contributed by atoms with Gasteiger partial charge in [0.05, 0.1) is 5.60 Å². The molecule has 0 aromatic carbocycles. The van der Waals surface area contributed by atoms with Gasteiger partial charge in [0.25, 0.3) is 0 Å². The van der Waals surface area contributed by atoms with Crippen LogP contribution in [0.5, 0.6) is 0 Å². The zero-order valence-electron chi connectivity index (χ0n) is 8.59. The lowest BCUT2D eigenvalue weighted by molar-refractivity contribution is -0.127. The molecule has 3 nitrogen and oxygen atoms in total. The largest absolute Gasteiger partial charge is 0.388 e. The Morgan fingerprint density at radius 1 is 1.29 bits per heavy atom. The third-order valence-corrected chi connectivity index (χ3v) is 3.63. The molecule has 1 aliphatic heterocycles. The lowest BCUT2D eigenvalue weighted by Crippen LogP contribution is -2.54. The van der Waals surface area contributed by atoms with E-state index in [0.717, 1.165) is 13.0 Å². The monoisotopic (exact) mass is 197 g/mol. The predicted molar refractivity (Wildman–Crippen MR) is 54.1 cm³/mol. The molecule has 0 spiro atoms. The van der Waals surface area contributed by atoms with Crippen molar-refractivity contribution in [3.63, 3.8) is 0 Å². The van der Waals surface area contributed by atoms with Gasteiger partial charge >= 0.3 is 0 Å². The number of aliphatic hydroxyl groups is 1. The van der Waals surface area contributed by atoms with E-state index in [0.29, 0.717) is 31.5 Å². The van der Waals surface area contributed by atoms with E-state index in [-0.39, 0.29) is 6.04 Å². The Bertz CT molecular complexity index is 211. The summed E-state index contributed by atoms with van der Waals surface area (Å²) in [7, 11) is 0. The molecular weight excluding hydrogens is 178 g/mol. The molecule has 2 fully saturated rings. The fraction of sp³-hybridized carbons (Fsp3) is 0.909. The summed E-state index contributed by atoms with van der Waals surface area (Å²) in [5, 5.41) is 13.8. The Balaban J connectivity index is 1.96. The van der Waals surface area contributed by atoms with Crippen molar-refractivity contribution in [3.8, 4) is 0 Å². The van der Waals surface area contributed by atoms with Crippen LogP contribution in [0.2, 0.25) is 0 Å².